The predicted octanol–water partition coefficient (Wildman–Crippen LogP) is 3.23. The summed E-state index contributed by atoms with van der Waals surface area (Å²) in [5, 5.41) is 20.4. The van der Waals surface area contributed by atoms with Crippen molar-refractivity contribution in [3.63, 3.8) is 0 Å². The molecule has 2 aromatic rings. The molecule has 0 unspecified atom stereocenters. The van der Waals surface area contributed by atoms with Gasteiger partial charge in [-0.25, -0.2) is 4.79 Å². The number of nitrogens with zero attached hydrogens (tertiary/aromatic N) is 1. The zero-order valence-electron chi connectivity index (χ0n) is 11.7. The number of ether oxygens (including phenoxy) is 1. The van der Waals surface area contributed by atoms with Gasteiger partial charge in [0.15, 0.2) is 0 Å². The van der Waals surface area contributed by atoms with E-state index in [1.807, 2.05) is 0 Å². The van der Waals surface area contributed by atoms with E-state index in [1.165, 1.54) is 31.4 Å². The summed E-state index contributed by atoms with van der Waals surface area (Å²) >= 11 is 0. The lowest BCUT2D eigenvalue weighted by molar-refractivity contribution is -0.385. The van der Waals surface area contributed by atoms with Gasteiger partial charge >= 0.3 is 5.97 Å². The van der Waals surface area contributed by atoms with Crippen molar-refractivity contribution in [3.8, 4) is 5.75 Å². The highest BCUT2D eigenvalue weighted by molar-refractivity contribution is 6.20. The maximum atomic E-state index is 11.5. The van der Waals surface area contributed by atoms with Gasteiger partial charge in [0.2, 0.25) is 0 Å². The zero-order chi connectivity index (χ0) is 16.1. The van der Waals surface area contributed by atoms with Gasteiger partial charge in [0.05, 0.1) is 23.2 Å². The summed E-state index contributed by atoms with van der Waals surface area (Å²) < 4.78 is 5.02. The molecule has 0 radical (unpaired) electrons. The predicted molar refractivity (Wildman–Crippen MR) is 81.6 cm³/mol. The van der Waals surface area contributed by atoms with Crippen molar-refractivity contribution < 1.29 is 19.6 Å². The number of carbonyl (C=O) groups is 1. The maximum Gasteiger partial charge on any atom is 0.336 e. The van der Waals surface area contributed by atoms with Crippen LogP contribution in [0, 0.1) is 10.1 Å². The molecule has 0 aliphatic carbocycles. The van der Waals surface area contributed by atoms with Crippen LogP contribution in [0.3, 0.4) is 0 Å². The lowest BCUT2D eigenvalue weighted by atomic mass is 10.0. The number of carboxylic acid groups (broad SMARTS) is 1. The minimum absolute atomic E-state index is 0.0306. The van der Waals surface area contributed by atoms with Crippen LogP contribution < -0.4 is 4.74 Å². The van der Waals surface area contributed by atoms with E-state index in [1.54, 1.807) is 30.3 Å². The first-order valence-electron chi connectivity index (χ1n) is 6.35. The van der Waals surface area contributed by atoms with Crippen LogP contribution in [0.15, 0.2) is 48.5 Å². The van der Waals surface area contributed by atoms with Crippen LogP contribution in [-0.2, 0) is 4.79 Å². The number of benzene rings is 2. The second kappa shape index (κ2) is 6.53. The zero-order valence-corrected chi connectivity index (χ0v) is 11.7. The summed E-state index contributed by atoms with van der Waals surface area (Å²) in [5.74, 6) is -0.567. The molecule has 0 atom stereocenters. The minimum atomic E-state index is -1.16. The Balaban J connectivity index is 2.52. The molecule has 2 aromatic carbocycles. The Morgan fingerprint density at radius 1 is 1.18 bits per heavy atom. The van der Waals surface area contributed by atoms with E-state index < -0.39 is 10.9 Å². The maximum absolute atomic E-state index is 11.5. The Hall–Kier alpha value is -3.15. The topological polar surface area (TPSA) is 89.7 Å². The van der Waals surface area contributed by atoms with Gasteiger partial charge in [-0.15, -0.1) is 0 Å². The summed E-state index contributed by atoms with van der Waals surface area (Å²) in [6.07, 6.45) is 1.29. The van der Waals surface area contributed by atoms with Crippen LogP contribution in [-0.4, -0.2) is 23.1 Å². The van der Waals surface area contributed by atoms with E-state index in [-0.39, 0.29) is 16.8 Å². The lowest BCUT2D eigenvalue weighted by Gasteiger charge is -2.05. The van der Waals surface area contributed by atoms with Gasteiger partial charge in [0.25, 0.3) is 5.69 Å². The average molecular weight is 299 g/mol. The SMILES string of the molecule is COc1ccc(/C(=C/c2ccccc2[N+](=O)[O-])C(=O)O)cc1. The van der Waals surface area contributed by atoms with Gasteiger partial charge < -0.3 is 9.84 Å². The highest BCUT2D eigenvalue weighted by Gasteiger charge is 2.15. The van der Waals surface area contributed by atoms with E-state index >= 15 is 0 Å². The fourth-order valence-electron chi connectivity index (χ4n) is 1.97. The number of hydrogen-bond acceptors (Lipinski definition) is 4. The second-order valence-electron chi connectivity index (χ2n) is 4.41. The molecule has 0 saturated carbocycles. The van der Waals surface area contributed by atoms with Crippen molar-refractivity contribution in [2.75, 3.05) is 7.11 Å². The molecule has 112 valence electrons. The Bertz CT molecular complexity index is 734. The van der Waals surface area contributed by atoms with Crippen LogP contribution in [0.5, 0.6) is 5.75 Å². The Labute approximate surface area is 126 Å². The Kier molecular flexibility index (Phi) is 4.53. The molecule has 6 nitrogen and oxygen atoms in total. The third-order valence-corrected chi connectivity index (χ3v) is 3.06. The second-order valence-corrected chi connectivity index (χ2v) is 4.41. The van der Waals surface area contributed by atoms with Crippen LogP contribution in [0.1, 0.15) is 11.1 Å². The van der Waals surface area contributed by atoms with E-state index in [4.69, 9.17) is 4.74 Å². The molecule has 0 aliphatic rings. The molecule has 0 fully saturated rings. The van der Waals surface area contributed by atoms with Gasteiger partial charge in [-0.2, -0.15) is 0 Å². The molecule has 22 heavy (non-hydrogen) atoms. The first kappa shape index (κ1) is 15.2. The van der Waals surface area contributed by atoms with E-state index in [9.17, 15) is 20.0 Å². The number of rotatable bonds is 5. The van der Waals surface area contributed by atoms with E-state index in [0.29, 0.717) is 11.3 Å². The van der Waals surface area contributed by atoms with Crippen molar-refractivity contribution in [3.05, 3.63) is 69.8 Å². The third-order valence-electron chi connectivity index (χ3n) is 3.06. The molecule has 0 aromatic heterocycles. The lowest BCUT2D eigenvalue weighted by Crippen LogP contribution is -2.00. The highest BCUT2D eigenvalue weighted by atomic mass is 16.6. The smallest absolute Gasteiger partial charge is 0.336 e. The molecule has 1 N–H and O–H groups in total. The van der Waals surface area contributed by atoms with E-state index in [2.05, 4.69) is 0 Å². The Morgan fingerprint density at radius 2 is 1.82 bits per heavy atom. The van der Waals surface area contributed by atoms with E-state index in [0.717, 1.165) is 0 Å². The molecular formula is C16H13NO5. The molecule has 0 aliphatic heterocycles. The molecule has 0 bridgehead atoms. The largest absolute Gasteiger partial charge is 0.497 e. The number of hydrogen-bond donors (Lipinski definition) is 1. The third kappa shape index (κ3) is 3.29. The first-order chi connectivity index (χ1) is 10.5. The van der Waals surface area contributed by atoms with Gasteiger partial charge in [-0.3, -0.25) is 10.1 Å². The highest BCUT2D eigenvalue weighted by Crippen LogP contribution is 2.26. The normalized spacial score (nSPS) is 11.0. The minimum Gasteiger partial charge on any atom is -0.497 e. The summed E-state index contributed by atoms with van der Waals surface area (Å²) in [6, 6.07) is 12.4. The van der Waals surface area contributed by atoms with Gasteiger partial charge in [-0.1, -0.05) is 24.3 Å². The van der Waals surface area contributed by atoms with Crippen LogP contribution in [0.25, 0.3) is 11.6 Å². The summed E-state index contributed by atoms with van der Waals surface area (Å²) in [7, 11) is 1.51. The van der Waals surface area contributed by atoms with Crippen molar-refractivity contribution in [2.45, 2.75) is 0 Å². The number of methoxy groups -OCH3 is 1. The van der Waals surface area contributed by atoms with Crippen LogP contribution in [0.4, 0.5) is 5.69 Å². The van der Waals surface area contributed by atoms with Crippen LogP contribution >= 0.6 is 0 Å². The standard InChI is InChI=1S/C16H13NO5/c1-22-13-8-6-11(7-9-13)14(16(18)19)10-12-4-2-3-5-15(12)17(20)21/h2-10H,1H3,(H,18,19)/b14-10-. The summed E-state index contributed by atoms with van der Waals surface area (Å²) in [4.78, 5) is 21.9. The number of aliphatic carboxylic acids is 1. The van der Waals surface area contributed by atoms with Gasteiger partial charge in [-0.05, 0) is 29.8 Å². The molecule has 0 spiro atoms. The van der Waals surface area contributed by atoms with Crippen molar-refractivity contribution in [2.24, 2.45) is 0 Å². The monoisotopic (exact) mass is 299 g/mol. The first-order valence-corrected chi connectivity index (χ1v) is 6.35. The van der Waals surface area contributed by atoms with Crippen molar-refractivity contribution in [1.82, 2.24) is 0 Å². The number of carboxylic acids is 1. The van der Waals surface area contributed by atoms with Crippen molar-refractivity contribution >= 4 is 23.3 Å². The quantitative estimate of drug-likeness (QED) is 0.396. The molecule has 0 saturated heterocycles. The Morgan fingerprint density at radius 3 is 2.36 bits per heavy atom. The van der Waals surface area contributed by atoms with Gasteiger partial charge in [0.1, 0.15) is 5.75 Å². The summed E-state index contributed by atoms with van der Waals surface area (Å²) in [5.41, 5.74) is 0.499. The molecule has 6 heteroatoms. The fraction of sp³-hybridized carbons (Fsp3) is 0.0625. The number of para-hydroxylation sites is 1. The fourth-order valence-corrected chi connectivity index (χ4v) is 1.97. The van der Waals surface area contributed by atoms with Gasteiger partial charge in [0, 0.05) is 6.07 Å². The molecule has 0 amide bonds. The number of nitro benzene ring substituents is 1. The molecule has 0 heterocycles. The summed E-state index contributed by atoms with van der Waals surface area (Å²) in [6.45, 7) is 0. The number of nitro groups is 1. The van der Waals surface area contributed by atoms with Crippen molar-refractivity contribution in [1.29, 1.82) is 0 Å². The average Bonchev–Trinajstić information content (AvgIpc) is 2.52. The van der Waals surface area contributed by atoms with Crippen LogP contribution in [0.2, 0.25) is 0 Å². The molecular weight excluding hydrogens is 286 g/mol. The molecule has 2 rings (SSSR count).